The molecule has 26 heavy (non-hydrogen) atoms. The van der Waals surface area contributed by atoms with E-state index in [9.17, 15) is 9.90 Å². The van der Waals surface area contributed by atoms with E-state index in [1.807, 2.05) is 62.4 Å². The van der Waals surface area contributed by atoms with Gasteiger partial charge in [-0.3, -0.25) is 4.79 Å². The molecule has 1 aromatic heterocycles. The van der Waals surface area contributed by atoms with E-state index in [1.54, 1.807) is 0 Å². The predicted molar refractivity (Wildman–Crippen MR) is 101 cm³/mol. The molecule has 132 valence electrons. The summed E-state index contributed by atoms with van der Waals surface area (Å²) in [6, 6.07) is 15.4. The van der Waals surface area contributed by atoms with E-state index in [2.05, 4.69) is 15.3 Å². The third-order valence-electron chi connectivity index (χ3n) is 4.09. The molecule has 3 aromatic rings. The quantitative estimate of drug-likeness (QED) is 0.743. The lowest BCUT2D eigenvalue weighted by Gasteiger charge is -2.14. The molecule has 0 aliphatic carbocycles. The van der Waals surface area contributed by atoms with Crippen molar-refractivity contribution in [2.75, 3.05) is 6.54 Å². The van der Waals surface area contributed by atoms with Crippen LogP contribution in [-0.4, -0.2) is 27.5 Å². The van der Waals surface area contributed by atoms with Gasteiger partial charge >= 0.3 is 0 Å². The number of nitrogens with one attached hydrogen (secondary N) is 1. The molecule has 1 unspecified atom stereocenters. The van der Waals surface area contributed by atoms with Crippen molar-refractivity contribution >= 4 is 5.91 Å². The number of aliphatic hydroxyl groups excluding tert-OH is 1. The summed E-state index contributed by atoms with van der Waals surface area (Å²) in [4.78, 5) is 20.8. The van der Waals surface area contributed by atoms with Crippen molar-refractivity contribution < 1.29 is 9.90 Å². The molecule has 0 spiro atoms. The van der Waals surface area contributed by atoms with Gasteiger partial charge in [-0.25, -0.2) is 9.97 Å². The number of aliphatic hydroxyl groups is 1. The Morgan fingerprint density at radius 1 is 1.12 bits per heavy atom. The van der Waals surface area contributed by atoms with Gasteiger partial charge in [-0.1, -0.05) is 59.7 Å². The lowest BCUT2D eigenvalue weighted by Crippen LogP contribution is -2.29. The molecule has 1 amide bonds. The molecule has 2 aromatic carbocycles. The predicted octanol–water partition coefficient (Wildman–Crippen LogP) is 3.22. The molecule has 0 aliphatic heterocycles. The van der Waals surface area contributed by atoms with Gasteiger partial charge < -0.3 is 10.4 Å². The van der Waals surface area contributed by atoms with Crippen molar-refractivity contribution in [1.82, 2.24) is 15.3 Å². The molecule has 3 rings (SSSR count). The maximum Gasteiger partial charge on any atom is 0.255 e. The third kappa shape index (κ3) is 4.13. The minimum Gasteiger partial charge on any atom is -0.387 e. The molecule has 0 saturated carbocycles. The Balaban J connectivity index is 1.75. The van der Waals surface area contributed by atoms with Crippen molar-refractivity contribution in [1.29, 1.82) is 0 Å². The summed E-state index contributed by atoms with van der Waals surface area (Å²) >= 11 is 0. The van der Waals surface area contributed by atoms with Gasteiger partial charge in [-0.2, -0.15) is 0 Å². The first-order chi connectivity index (χ1) is 12.5. The number of nitrogens with zero attached hydrogens (tertiary/aromatic N) is 2. The second-order valence-corrected chi connectivity index (χ2v) is 6.30. The van der Waals surface area contributed by atoms with Crippen LogP contribution in [0.1, 0.15) is 33.2 Å². The van der Waals surface area contributed by atoms with Gasteiger partial charge in [0.25, 0.3) is 5.91 Å². The first kappa shape index (κ1) is 17.8. The van der Waals surface area contributed by atoms with Crippen molar-refractivity contribution in [2.45, 2.75) is 20.0 Å². The number of benzene rings is 2. The third-order valence-corrected chi connectivity index (χ3v) is 4.09. The average Bonchev–Trinajstić information content (AvgIpc) is 2.65. The van der Waals surface area contributed by atoms with Crippen molar-refractivity contribution in [3.05, 3.63) is 83.3 Å². The molecule has 1 heterocycles. The number of carbonyl (C=O) groups excluding carboxylic acids is 1. The second kappa shape index (κ2) is 7.89. The Labute approximate surface area is 152 Å². The van der Waals surface area contributed by atoms with Crippen LogP contribution in [0.3, 0.4) is 0 Å². The van der Waals surface area contributed by atoms with Crippen molar-refractivity contribution in [2.24, 2.45) is 0 Å². The zero-order valence-electron chi connectivity index (χ0n) is 14.8. The standard InChI is InChI=1S/C21H21N3O2/c1-14-8-15(2)10-17(9-14)19(25)12-23-21(26)18-11-22-13-24-20(18)16-6-4-3-5-7-16/h3-11,13,19,25H,12H2,1-2H3,(H,23,26). The smallest absolute Gasteiger partial charge is 0.255 e. The van der Waals surface area contributed by atoms with Gasteiger partial charge in [0, 0.05) is 18.3 Å². The summed E-state index contributed by atoms with van der Waals surface area (Å²) in [7, 11) is 0. The molecule has 0 saturated heterocycles. The Morgan fingerprint density at radius 2 is 1.81 bits per heavy atom. The summed E-state index contributed by atoms with van der Waals surface area (Å²) < 4.78 is 0. The number of hydrogen-bond acceptors (Lipinski definition) is 4. The van der Waals surface area contributed by atoms with E-state index in [1.165, 1.54) is 12.5 Å². The number of carbonyl (C=O) groups is 1. The first-order valence-electron chi connectivity index (χ1n) is 8.44. The van der Waals surface area contributed by atoms with E-state index in [0.717, 1.165) is 22.3 Å². The van der Waals surface area contributed by atoms with Gasteiger partial charge in [0.05, 0.1) is 17.4 Å². The Kier molecular flexibility index (Phi) is 5.39. The summed E-state index contributed by atoms with van der Waals surface area (Å²) in [6.45, 7) is 4.08. The van der Waals surface area contributed by atoms with Crippen LogP contribution in [0.15, 0.2) is 61.1 Å². The molecule has 1 atom stereocenters. The van der Waals surface area contributed by atoms with Crippen LogP contribution in [0.4, 0.5) is 0 Å². The molecule has 0 aliphatic rings. The van der Waals surface area contributed by atoms with Crippen LogP contribution in [0, 0.1) is 13.8 Å². The van der Waals surface area contributed by atoms with Crippen molar-refractivity contribution in [3.63, 3.8) is 0 Å². The highest BCUT2D eigenvalue weighted by atomic mass is 16.3. The maximum atomic E-state index is 12.6. The number of hydrogen-bond donors (Lipinski definition) is 2. The summed E-state index contributed by atoms with van der Waals surface area (Å²) in [6.07, 6.45) is 2.14. The molecular weight excluding hydrogens is 326 g/mol. The molecule has 0 radical (unpaired) electrons. The van der Waals surface area contributed by atoms with Crippen LogP contribution >= 0.6 is 0 Å². The SMILES string of the molecule is Cc1cc(C)cc(C(O)CNC(=O)c2cncnc2-c2ccccc2)c1. The van der Waals surface area contributed by atoms with Gasteiger partial charge in [0.15, 0.2) is 0 Å². The lowest BCUT2D eigenvalue weighted by atomic mass is 10.0. The monoisotopic (exact) mass is 347 g/mol. The molecule has 2 N–H and O–H groups in total. The highest BCUT2D eigenvalue weighted by Gasteiger charge is 2.16. The van der Waals surface area contributed by atoms with E-state index < -0.39 is 6.10 Å². The highest BCUT2D eigenvalue weighted by molar-refractivity contribution is 5.99. The Hall–Kier alpha value is -3.05. The number of amides is 1. The topological polar surface area (TPSA) is 75.1 Å². The molecule has 5 heteroatoms. The second-order valence-electron chi connectivity index (χ2n) is 6.30. The lowest BCUT2D eigenvalue weighted by molar-refractivity contribution is 0.0916. The highest BCUT2D eigenvalue weighted by Crippen LogP contribution is 2.20. The fourth-order valence-electron chi connectivity index (χ4n) is 2.93. The van der Waals surface area contributed by atoms with Crippen molar-refractivity contribution in [3.8, 4) is 11.3 Å². The van der Waals surface area contributed by atoms with E-state index in [4.69, 9.17) is 0 Å². The summed E-state index contributed by atoms with van der Waals surface area (Å²) in [5, 5.41) is 13.2. The minimum atomic E-state index is -0.776. The molecule has 0 bridgehead atoms. The Morgan fingerprint density at radius 3 is 2.50 bits per heavy atom. The molecule has 5 nitrogen and oxygen atoms in total. The van der Waals surface area contributed by atoms with Gasteiger partial charge in [0.1, 0.15) is 6.33 Å². The van der Waals surface area contributed by atoms with Gasteiger partial charge in [0.2, 0.25) is 0 Å². The fourth-order valence-corrected chi connectivity index (χ4v) is 2.93. The van der Waals surface area contributed by atoms with Crippen LogP contribution in [0.25, 0.3) is 11.3 Å². The van der Waals surface area contributed by atoms with Crippen LogP contribution in [0.5, 0.6) is 0 Å². The van der Waals surface area contributed by atoms with E-state index in [0.29, 0.717) is 11.3 Å². The van der Waals surface area contributed by atoms with E-state index >= 15 is 0 Å². The zero-order chi connectivity index (χ0) is 18.5. The molecular formula is C21H21N3O2. The largest absolute Gasteiger partial charge is 0.387 e. The maximum absolute atomic E-state index is 12.6. The fraction of sp³-hybridized carbons (Fsp3) is 0.190. The number of aromatic nitrogens is 2. The number of rotatable bonds is 5. The minimum absolute atomic E-state index is 0.116. The average molecular weight is 347 g/mol. The van der Waals surface area contributed by atoms with Crippen LogP contribution in [-0.2, 0) is 0 Å². The van der Waals surface area contributed by atoms with Crippen LogP contribution < -0.4 is 5.32 Å². The van der Waals surface area contributed by atoms with Gasteiger partial charge in [-0.15, -0.1) is 0 Å². The first-order valence-corrected chi connectivity index (χ1v) is 8.44. The Bertz CT molecular complexity index is 890. The van der Waals surface area contributed by atoms with Crippen LogP contribution in [0.2, 0.25) is 0 Å². The normalized spacial score (nSPS) is 11.8. The summed E-state index contributed by atoms with van der Waals surface area (Å²) in [5.41, 5.74) is 4.73. The van der Waals surface area contributed by atoms with E-state index in [-0.39, 0.29) is 12.5 Å². The zero-order valence-corrected chi connectivity index (χ0v) is 14.8. The summed E-state index contributed by atoms with van der Waals surface area (Å²) in [5.74, 6) is -0.312. The van der Waals surface area contributed by atoms with Gasteiger partial charge in [-0.05, 0) is 19.4 Å². The molecule has 0 fully saturated rings. The number of aryl methyl sites for hydroxylation is 2.